The van der Waals surface area contributed by atoms with Crippen molar-refractivity contribution >= 4 is 17.9 Å². The normalized spacial score (nSPS) is 32.1. The fourth-order valence-corrected chi connectivity index (χ4v) is 6.16. The van der Waals surface area contributed by atoms with Crippen LogP contribution in [-0.2, 0) is 14.3 Å². The van der Waals surface area contributed by atoms with Crippen LogP contribution >= 0.6 is 0 Å². The van der Waals surface area contributed by atoms with Crippen molar-refractivity contribution in [1.29, 1.82) is 5.26 Å². The number of hydrogen-bond acceptors (Lipinski definition) is 6. The Balaban J connectivity index is 1.84. The van der Waals surface area contributed by atoms with Crippen LogP contribution in [-0.4, -0.2) is 64.3 Å². The molecule has 3 fully saturated rings. The Morgan fingerprint density at radius 1 is 1.11 bits per heavy atom. The quantitative estimate of drug-likeness (QED) is 0.478. The van der Waals surface area contributed by atoms with Gasteiger partial charge in [-0.05, 0) is 50.9 Å². The molecule has 1 saturated carbocycles. The minimum Gasteiger partial charge on any atom is -0.444 e. The number of carbonyl (C=O) groups excluding carboxylic acids is 3. The first kappa shape index (κ1) is 29.2. The summed E-state index contributed by atoms with van der Waals surface area (Å²) in [5.74, 6) is -0.401. The SMILES string of the molecule is CC(C)(C)OC(=O)N[C@H]1CCCCCCCCCC[C@@H](C(O)C#N)NC(=O)[C@@H]2[C@@H]3[C@H](CN2C1=O)C3(C)C. The molecule has 1 unspecified atom stereocenters. The van der Waals surface area contributed by atoms with E-state index < -0.39 is 35.9 Å². The molecule has 3 rings (SSSR count). The van der Waals surface area contributed by atoms with Gasteiger partial charge in [-0.1, -0.05) is 65.2 Å². The molecule has 0 aromatic heterocycles. The highest BCUT2D eigenvalue weighted by atomic mass is 16.6. The van der Waals surface area contributed by atoms with Gasteiger partial charge in [-0.25, -0.2) is 4.79 Å². The maximum Gasteiger partial charge on any atom is 0.408 e. The maximum atomic E-state index is 13.8. The molecule has 0 radical (unpaired) electrons. The Morgan fingerprint density at radius 2 is 1.68 bits per heavy atom. The van der Waals surface area contributed by atoms with E-state index in [0.29, 0.717) is 19.4 Å². The third-order valence-corrected chi connectivity index (χ3v) is 8.35. The van der Waals surface area contributed by atoms with Gasteiger partial charge in [-0.2, -0.15) is 5.26 Å². The van der Waals surface area contributed by atoms with Gasteiger partial charge in [0.15, 0.2) is 6.10 Å². The molecule has 208 valence electrons. The molecule has 1 aliphatic carbocycles. The minimum atomic E-state index is -1.30. The molecule has 3 N–H and O–H groups in total. The first-order valence-electron chi connectivity index (χ1n) is 14.0. The Labute approximate surface area is 221 Å². The fourth-order valence-electron chi connectivity index (χ4n) is 6.16. The largest absolute Gasteiger partial charge is 0.444 e. The van der Waals surface area contributed by atoms with Gasteiger partial charge in [0, 0.05) is 6.54 Å². The summed E-state index contributed by atoms with van der Waals surface area (Å²) in [5, 5.41) is 25.4. The van der Waals surface area contributed by atoms with E-state index in [1.165, 1.54) is 0 Å². The lowest BCUT2D eigenvalue weighted by atomic mass is 9.97. The van der Waals surface area contributed by atoms with Gasteiger partial charge in [-0.3, -0.25) is 9.59 Å². The second kappa shape index (κ2) is 12.0. The van der Waals surface area contributed by atoms with Crippen molar-refractivity contribution in [2.75, 3.05) is 6.54 Å². The first-order chi connectivity index (χ1) is 17.4. The van der Waals surface area contributed by atoms with E-state index >= 15 is 0 Å². The summed E-state index contributed by atoms with van der Waals surface area (Å²) in [4.78, 5) is 41.7. The molecule has 0 aromatic rings. The summed E-state index contributed by atoms with van der Waals surface area (Å²) in [6.07, 6.45) is 6.96. The van der Waals surface area contributed by atoms with Crippen LogP contribution in [0.3, 0.4) is 0 Å². The molecule has 9 heteroatoms. The maximum absolute atomic E-state index is 13.8. The van der Waals surface area contributed by atoms with E-state index in [1.54, 1.807) is 25.7 Å². The number of nitriles is 1. The molecule has 0 bridgehead atoms. The first-order valence-corrected chi connectivity index (χ1v) is 14.0. The number of nitrogens with zero attached hydrogens (tertiary/aromatic N) is 2. The van der Waals surface area contributed by atoms with Crippen LogP contribution in [0.2, 0.25) is 0 Å². The van der Waals surface area contributed by atoms with Crippen LogP contribution in [0.4, 0.5) is 4.79 Å². The minimum absolute atomic E-state index is 0.000545. The lowest BCUT2D eigenvalue weighted by Gasteiger charge is -2.34. The number of hydrogen-bond donors (Lipinski definition) is 3. The van der Waals surface area contributed by atoms with Gasteiger partial charge < -0.3 is 25.4 Å². The molecular formula is C28H46N4O5. The van der Waals surface area contributed by atoms with Crippen LogP contribution in [0.1, 0.15) is 98.8 Å². The van der Waals surface area contributed by atoms with Crippen molar-refractivity contribution in [2.45, 2.75) is 129 Å². The lowest BCUT2D eigenvalue weighted by molar-refractivity contribution is -0.142. The standard InChI is InChI=1S/C28H46N4O5/c1-27(2,3)37-26(36)31-20-15-13-11-9-7-6-8-10-12-14-19(21(33)16-29)30-24(34)23-22-18(28(22,4)5)17-32(23)25(20)35/h18-23,33H,6-15,17H2,1-5H3,(H,30,34)(H,31,36)/t18-,19-,20-,21?,22-,23-/m0/s1. The van der Waals surface area contributed by atoms with Crippen LogP contribution in [0.25, 0.3) is 0 Å². The molecule has 2 saturated heterocycles. The van der Waals surface area contributed by atoms with Crippen molar-refractivity contribution in [3.8, 4) is 6.07 Å². The average molecular weight is 519 g/mol. The van der Waals surface area contributed by atoms with E-state index in [1.807, 2.05) is 6.07 Å². The van der Waals surface area contributed by atoms with E-state index in [-0.39, 0.29) is 29.1 Å². The van der Waals surface area contributed by atoms with Crippen LogP contribution in [0.5, 0.6) is 0 Å². The highest BCUT2D eigenvalue weighted by Crippen LogP contribution is 2.65. The van der Waals surface area contributed by atoms with Gasteiger partial charge in [0.25, 0.3) is 0 Å². The summed E-state index contributed by atoms with van der Waals surface area (Å²) >= 11 is 0. The summed E-state index contributed by atoms with van der Waals surface area (Å²) in [6.45, 7) is 10.00. The monoisotopic (exact) mass is 518 g/mol. The van der Waals surface area contributed by atoms with Crippen molar-refractivity contribution in [1.82, 2.24) is 15.5 Å². The number of alkyl carbamates (subject to hydrolysis) is 1. The number of piperidine rings is 1. The predicted octanol–water partition coefficient (Wildman–Crippen LogP) is 3.65. The van der Waals surface area contributed by atoms with Gasteiger partial charge in [0.2, 0.25) is 11.8 Å². The Bertz CT molecular complexity index is 877. The third-order valence-electron chi connectivity index (χ3n) is 8.35. The Kier molecular flexibility index (Phi) is 9.49. The summed E-state index contributed by atoms with van der Waals surface area (Å²) in [5.41, 5.74) is -0.767. The second-order valence-corrected chi connectivity index (χ2v) is 12.7. The zero-order valence-corrected chi connectivity index (χ0v) is 23.2. The van der Waals surface area contributed by atoms with E-state index in [9.17, 15) is 24.8 Å². The van der Waals surface area contributed by atoms with Gasteiger partial charge in [0.05, 0.1) is 12.1 Å². The zero-order chi connectivity index (χ0) is 27.4. The second-order valence-electron chi connectivity index (χ2n) is 12.7. The number of amides is 3. The molecular weight excluding hydrogens is 472 g/mol. The molecule has 37 heavy (non-hydrogen) atoms. The molecule has 9 nitrogen and oxygen atoms in total. The lowest BCUT2D eigenvalue weighted by Crippen LogP contribution is -2.58. The number of fused-ring (bicyclic) bond motifs is 3. The van der Waals surface area contributed by atoms with Crippen LogP contribution in [0, 0.1) is 28.6 Å². The Hall–Kier alpha value is -2.34. The van der Waals surface area contributed by atoms with Crippen molar-refractivity contribution in [3.63, 3.8) is 0 Å². The number of aliphatic hydroxyl groups excluding tert-OH is 1. The topological polar surface area (TPSA) is 132 Å². The zero-order valence-electron chi connectivity index (χ0n) is 23.2. The number of aliphatic hydroxyl groups is 1. The summed E-state index contributed by atoms with van der Waals surface area (Å²) in [7, 11) is 0. The van der Waals surface area contributed by atoms with Gasteiger partial charge in [-0.15, -0.1) is 0 Å². The highest BCUT2D eigenvalue weighted by Gasteiger charge is 2.69. The van der Waals surface area contributed by atoms with Gasteiger partial charge >= 0.3 is 6.09 Å². The van der Waals surface area contributed by atoms with E-state index in [0.717, 1.165) is 51.4 Å². The van der Waals surface area contributed by atoms with Crippen molar-refractivity contribution in [2.24, 2.45) is 17.3 Å². The summed E-state index contributed by atoms with van der Waals surface area (Å²) in [6, 6.07) is -0.281. The average Bonchev–Trinajstić information content (AvgIpc) is 3.15. The molecule has 3 aliphatic rings. The molecule has 2 aliphatic heterocycles. The van der Waals surface area contributed by atoms with Crippen LogP contribution in [0.15, 0.2) is 0 Å². The molecule has 0 spiro atoms. The van der Waals surface area contributed by atoms with E-state index in [2.05, 4.69) is 24.5 Å². The fraction of sp³-hybridized carbons (Fsp3) is 0.857. The third kappa shape index (κ3) is 7.37. The number of nitrogens with one attached hydrogen (secondary N) is 2. The summed E-state index contributed by atoms with van der Waals surface area (Å²) < 4.78 is 5.43. The molecule has 2 heterocycles. The number of carbonyl (C=O) groups is 3. The van der Waals surface area contributed by atoms with Crippen LogP contribution < -0.4 is 10.6 Å². The predicted molar refractivity (Wildman–Crippen MR) is 139 cm³/mol. The van der Waals surface area contributed by atoms with Gasteiger partial charge in [0.1, 0.15) is 17.7 Å². The molecule has 3 amide bonds. The van der Waals surface area contributed by atoms with Crippen molar-refractivity contribution in [3.05, 3.63) is 0 Å². The molecule has 6 atom stereocenters. The smallest absolute Gasteiger partial charge is 0.408 e. The number of ether oxygens (including phenoxy) is 1. The number of rotatable bonds is 2. The molecule has 0 aromatic carbocycles. The van der Waals surface area contributed by atoms with Crippen molar-refractivity contribution < 1.29 is 24.2 Å². The Morgan fingerprint density at radius 3 is 2.24 bits per heavy atom. The van der Waals surface area contributed by atoms with E-state index in [4.69, 9.17) is 4.74 Å². The highest BCUT2D eigenvalue weighted by molar-refractivity contribution is 5.93.